The van der Waals surface area contributed by atoms with Crippen molar-refractivity contribution in [1.82, 2.24) is 0 Å². The van der Waals surface area contributed by atoms with Gasteiger partial charge in [0.1, 0.15) is 17.7 Å². The van der Waals surface area contributed by atoms with Gasteiger partial charge in [-0.3, -0.25) is 4.79 Å². The van der Waals surface area contributed by atoms with E-state index in [1.54, 1.807) is 18.2 Å². The Labute approximate surface area is 176 Å². The second kappa shape index (κ2) is 9.24. The highest BCUT2D eigenvalue weighted by Gasteiger charge is 2.32. The number of rotatable bonds is 7. The van der Waals surface area contributed by atoms with E-state index in [0.29, 0.717) is 35.8 Å². The lowest BCUT2D eigenvalue weighted by Gasteiger charge is -2.28. The zero-order chi connectivity index (χ0) is 21.0. The zero-order valence-electron chi connectivity index (χ0n) is 16.5. The minimum Gasteiger partial charge on any atom is -0.368 e. The van der Waals surface area contributed by atoms with Gasteiger partial charge in [0.15, 0.2) is 0 Å². The molecular weight excluding hydrogens is 387 g/mol. The average Bonchev–Trinajstić information content (AvgIpc) is 3.09. The Morgan fingerprint density at radius 3 is 2.66 bits per heavy atom. The summed E-state index contributed by atoms with van der Waals surface area (Å²) in [4.78, 5) is 14.6. The number of halogens is 2. The summed E-state index contributed by atoms with van der Waals surface area (Å²) in [6.45, 7) is 7.30. The normalized spacial score (nSPS) is 18.5. The minimum absolute atomic E-state index is 0.138. The molecule has 1 saturated heterocycles. The Bertz CT molecular complexity index is 948. The molecule has 0 radical (unpaired) electrons. The van der Waals surface area contributed by atoms with Gasteiger partial charge in [-0.25, -0.2) is 4.39 Å². The second-order valence-corrected chi connectivity index (χ2v) is 8.01. The van der Waals surface area contributed by atoms with Gasteiger partial charge in [-0.05, 0) is 55.7 Å². The van der Waals surface area contributed by atoms with E-state index in [-0.39, 0.29) is 17.6 Å². The molecule has 0 aromatic heterocycles. The second-order valence-electron chi connectivity index (χ2n) is 7.61. The van der Waals surface area contributed by atoms with Crippen molar-refractivity contribution >= 4 is 23.1 Å². The highest BCUT2D eigenvalue weighted by atomic mass is 35.5. The fourth-order valence-electron chi connectivity index (χ4n) is 4.03. The van der Waals surface area contributed by atoms with Gasteiger partial charge in [0.05, 0.1) is 10.6 Å². The molecule has 0 bridgehead atoms. The molecule has 2 aromatic carbocycles. The number of carbonyl (C=O) groups excluding carboxylic acids is 1. The molecule has 1 fully saturated rings. The molecule has 0 spiro atoms. The van der Waals surface area contributed by atoms with Gasteiger partial charge < -0.3 is 4.90 Å². The zero-order valence-corrected chi connectivity index (χ0v) is 17.3. The summed E-state index contributed by atoms with van der Waals surface area (Å²) in [5.74, 6) is 0.153. The predicted molar refractivity (Wildman–Crippen MR) is 115 cm³/mol. The topological polar surface area (TPSA) is 44.1 Å². The van der Waals surface area contributed by atoms with Crippen molar-refractivity contribution in [3.05, 3.63) is 76.6 Å². The van der Waals surface area contributed by atoms with Gasteiger partial charge in [-0.15, -0.1) is 0 Å². The van der Waals surface area contributed by atoms with Crippen molar-refractivity contribution in [2.45, 2.75) is 38.6 Å². The van der Waals surface area contributed by atoms with E-state index >= 15 is 0 Å². The van der Waals surface area contributed by atoms with Crippen LogP contribution in [0.1, 0.15) is 37.3 Å². The molecule has 0 unspecified atom stereocenters. The first-order valence-electron chi connectivity index (χ1n) is 9.79. The van der Waals surface area contributed by atoms with Gasteiger partial charge in [0, 0.05) is 37.0 Å². The van der Waals surface area contributed by atoms with Crippen LogP contribution in [0.3, 0.4) is 0 Å². The standard InChI is InChI=1S/C24H24ClFN2O/c1-16(3-10-22(29)13-18-4-7-20(26)8-5-18)23-11-12-28(17(23)2)21-9-6-19(15-27)24(25)14-21/h4-9,14,17,23H,1,3,10-13H2,2H3/t17-,23-/m0/s1. The quantitative estimate of drug-likeness (QED) is 0.549. The van der Waals surface area contributed by atoms with E-state index in [1.165, 1.54) is 12.1 Å². The first-order chi connectivity index (χ1) is 13.9. The van der Waals surface area contributed by atoms with Crippen LogP contribution in [-0.4, -0.2) is 18.4 Å². The Hall–Kier alpha value is -2.64. The maximum atomic E-state index is 13.0. The molecule has 2 aromatic rings. The molecule has 0 aliphatic carbocycles. The summed E-state index contributed by atoms with van der Waals surface area (Å²) in [6.07, 6.45) is 2.41. The molecule has 0 amide bonds. The summed E-state index contributed by atoms with van der Waals surface area (Å²) in [7, 11) is 0. The van der Waals surface area contributed by atoms with Gasteiger partial charge in [0.2, 0.25) is 0 Å². The Kier molecular flexibility index (Phi) is 6.71. The fourth-order valence-corrected chi connectivity index (χ4v) is 4.24. The lowest BCUT2D eigenvalue weighted by atomic mass is 9.89. The molecule has 1 heterocycles. The number of hydrogen-bond acceptors (Lipinski definition) is 3. The predicted octanol–water partition coefficient (Wildman–Crippen LogP) is 5.71. The molecule has 0 N–H and O–H groups in total. The van der Waals surface area contributed by atoms with Gasteiger partial charge in [0.25, 0.3) is 0 Å². The number of Topliss-reactive ketones (excluding diaryl/α,β-unsaturated/α-hetero) is 1. The van der Waals surface area contributed by atoms with E-state index < -0.39 is 0 Å². The van der Waals surface area contributed by atoms with Crippen LogP contribution < -0.4 is 4.90 Å². The van der Waals surface area contributed by atoms with Crippen LogP contribution in [-0.2, 0) is 11.2 Å². The molecule has 1 aliphatic rings. The summed E-state index contributed by atoms with van der Waals surface area (Å²) in [5, 5.41) is 9.51. The monoisotopic (exact) mass is 410 g/mol. The van der Waals surface area contributed by atoms with Gasteiger partial charge in [-0.2, -0.15) is 5.26 Å². The summed E-state index contributed by atoms with van der Waals surface area (Å²) >= 11 is 6.19. The minimum atomic E-state index is -0.294. The fraction of sp³-hybridized carbons (Fsp3) is 0.333. The first-order valence-corrected chi connectivity index (χ1v) is 10.2. The largest absolute Gasteiger partial charge is 0.368 e. The molecule has 0 saturated carbocycles. The van der Waals surface area contributed by atoms with E-state index in [4.69, 9.17) is 16.9 Å². The van der Waals surface area contributed by atoms with E-state index in [0.717, 1.165) is 29.8 Å². The number of carbonyl (C=O) groups is 1. The number of benzene rings is 2. The van der Waals surface area contributed by atoms with Crippen LogP contribution >= 0.6 is 11.6 Å². The smallest absolute Gasteiger partial charge is 0.137 e. The SMILES string of the molecule is C=C(CCC(=O)Cc1ccc(F)cc1)[C@@H]1CCN(c2ccc(C#N)c(Cl)c2)[C@H]1C. The van der Waals surface area contributed by atoms with E-state index in [1.807, 2.05) is 12.1 Å². The van der Waals surface area contributed by atoms with Crippen molar-refractivity contribution in [2.75, 3.05) is 11.4 Å². The third kappa shape index (κ3) is 5.05. The summed E-state index contributed by atoms with van der Waals surface area (Å²) in [5.41, 5.74) is 3.40. The number of nitriles is 1. The van der Waals surface area contributed by atoms with E-state index in [2.05, 4.69) is 24.5 Å². The van der Waals surface area contributed by atoms with Crippen molar-refractivity contribution in [3.8, 4) is 6.07 Å². The number of anilines is 1. The maximum Gasteiger partial charge on any atom is 0.137 e. The van der Waals surface area contributed by atoms with Gasteiger partial charge in [-0.1, -0.05) is 35.9 Å². The highest BCUT2D eigenvalue weighted by Crippen LogP contribution is 2.36. The number of hydrogen-bond donors (Lipinski definition) is 0. The van der Waals surface area contributed by atoms with Crippen LogP contribution in [0.2, 0.25) is 5.02 Å². The Morgan fingerprint density at radius 2 is 2.00 bits per heavy atom. The molecule has 5 heteroatoms. The Morgan fingerprint density at radius 1 is 1.28 bits per heavy atom. The van der Waals surface area contributed by atoms with Crippen LogP contribution in [0.5, 0.6) is 0 Å². The van der Waals surface area contributed by atoms with Crippen LogP contribution in [0, 0.1) is 23.1 Å². The molecular formula is C24H24ClFN2O. The molecule has 3 rings (SSSR count). The van der Waals surface area contributed by atoms with Crippen molar-refractivity contribution in [2.24, 2.45) is 5.92 Å². The van der Waals surface area contributed by atoms with Crippen LogP contribution in [0.15, 0.2) is 54.6 Å². The average molecular weight is 411 g/mol. The van der Waals surface area contributed by atoms with Gasteiger partial charge >= 0.3 is 0 Å². The number of ketones is 1. The first kappa shape index (κ1) is 21.1. The van der Waals surface area contributed by atoms with Crippen molar-refractivity contribution < 1.29 is 9.18 Å². The Balaban J connectivity index is 1.55. The van der Waals surface area contributed by atoms with E-state index in [9.17, 15) is 9.18 Å². The third-order valence-electron chi connectivity index (χ3n) is 5.72. The summed E-state index contributed by atoms with van der Waals surface area (Å²) in [6, 6.07) is 13.9. The highest BCUT2D eigenvalue weighted by molar-refractivity contribution is 6.32. The lowest BCUT2D eigenvalue weighted by molar-refractivity contribution is -0.118. The molecule has 2 atom stereocenters. The maximum absolute atomic E-state index is 13.0. The third-order valence-corrected chi connectivity index (χ3v) is 6.04. The molecule has 29 heavy (non-hydrogen) atoms. The lowest BCUT2D eigenvalue weighted by Crippen LogP contribution is -2.30. The van der Waals surface area contributed by atoms with Crippen molar-refractivity contribution in [1.29, 1.82) is 5.26 Å². The molecule has 150 valence electrons. The van der Waals surface area contributed by atoms with Crippen LogP contribution in [0.4, 0.5) is 10.1 Å². The van der Waals surface area contributed by atoms with Crippen LogP contribution in [0.25, 0.3) is 0 Å². The molecule has 1 aliphatic heterocycles. The van der Waals surface area contributed by atoms with Crippen molar-refractivity contribution in [3.63, 3.8) is 0 Å². The summed E-state index contributed by atoms with van der Waals surface area (Å²) < 4.78 is 13.0. The number of nitrogens with zero attached hydrogens (tertiary/aromatic N) is 2. The molecule has 3 nitrogen and oxygen atoms in total.